The average molecular weight is 277 g/mol. The minimum atomic E-state index is -3.47. The maximum Gasteiger partial charge on any atom is 0.363 e. The van der Waals surface area contributed by atoms with Gasteiger partial charge >= 0.3 is 4.83 Å². The molecule has 0 N–H and O–H groups in total. The first-order valence-electron chi connectivity index (χ1n) is 4.65. The highest BCUT2D eigenvalue weighted by Crippen LogP contribution is 2.26. The summed E-state index contributed by atoms with van der Waals surface area (Å²) in [6.45, 7) is 2.03. The van der Waals surface area contributed by atoms with E-state index in [-0.39, 0.29) is 5.56 Å². The van der Waals surface area contributed by atoms with Crippen molar-refractivity contribution >= 4 is 21.7 Å². The van der Waals surface area contributed by atoms with Gasteiger partial charge in [0.2, 0.25) is 5.78 Å². The van der Waals surface area contributed by atoms with E-state index in [9.17, 15) is 13.6 Å². The monoisotopic (exact) mass is 276 g/mol. The number of aryl methyl sites for hydroxylation is 1. The second-order valence-electron chi connectivity index (χ2n) is 3.27. The van der Waals surface area contributed by atoms with Crippen molar-refractivity contribution < 1.29 is 13.6 Å². The second kappa shape index (κ2) is 4.84. The molecule has 0 aliphatic carbocycles. The van der Waals surface area contributed by atoms with Crippen molar-refractivity contribution in [1.82, 2.24) is 0 Å². The predicted molar refractivity (Wildman–Crippen MR) is 58.6 cm³/mol. The van der Waals surface area contributed by atoms with Gasteiger partial charge in [0.15, 0.2) is 0 Å². The molecule has 0 saturated heterocycles. The Labute approximate surface area is 95.6 Å². The summed E-state index contributed by atoms with van der Waals surface area (Å²) < 4.78 is 25.2. The van der Waals surface area contributed by atoms with Crippen LogP contribution in [0, 0.1) is 0 Å². The maximum absolute atomic E-state index is 12.6. The highest BCUT2D eigenvalue weighted by atomic mass is 79.9. The number of ketones is 1. The summed E-state index contributed by atoms with van der Waals surface area (Å²) in [6, 6.07) is 6.27. The van der Waals surface area contributed by atoms with E-state index in [2.05, 4.69) is 0 Å². The van der Waals surface area contributed by atoms with Crippen LogP contribution in [0.3, 0.4) is 0 Å². The van der Waals surface area contributed by atoms with E-state index < -0.39 is 10.6 Å². The van der Waals surface area contributed by atoms with Crippen LogP contribution in [0.15, 0.2) is 24.3 Å². The molecule has 4 heteroatoms. The summed E-state index contributed by atoms with van der Waals surface area (Å²) >= 11 is 2.05. The fourth-order valence-corrected chi connectivity index (χ4v) is 1.50. The van der Waals surface area contributed by atoms with Crippen molar-refractivity contribution in [2.45, 2.75) is 24.6 Å². The topological polar surface area (TPSA) is 17.1 Å². The minimum absolute atomic E-state index is 0.0247. The van der Waals surface area contributed by atoms with Gasteiger partial charge in [-0.3, -0.25) is 4.79 Å². The molecule has 0 heterocycles. The maximum atomic E-state index is 12.6. The first kappa shape index (κ1) is 12.3. The quantitative estimate of drug-likeness (QED) is 0.604. The molecule has 15 heavy (non-hydrogen) atoms. The summed E-state index contributed by atoms with van der Waals surface area (Å²) in [5.74, 6) is -1.20. The van der Waals surface area contributed by atoms with E-state index in [0.29, 0.717) is 0 Å². The first-order valence-corrected chi connectivity index (χ1v) is 5.45. The van der Waals surface area contributed by atoms with E-state index in [0.717, 1.165) is 18.4 Å². The lowest BCUT2D eigenvalue weighted by Gasteiger charge is -2.07. The molecule has 1 aromatic carbocycles. The highest BCUT2D eigenvalue weighted by molar-refractivity contribution is 9.10. The van der Waals surface area contributed by atoms with Crippen LogP contribution >= 0.6 is 15.9 Å². The second-order valence-corrected chi connectivity index (χ2v) is 4.27. The molecule has 1 rings (SSSR count). The van der Waals surface area contributed by atoms with Gasteiger partial charge in [0, 0.05) is 5.56 Å². The zero-order valence-electron chi connectivity index (χ0n) is 8.27. The van der Waals surface area contributed by atoms with Crippen LogP contribution in [0.5, 0.6) is 0 Å². The minimum Gasteiger partial charge on any atom is -0.286 e. The third kappa shape index (κ3) is 3.38. The average Bonchev–Trinajstić information content (AvgIpc) is 2.17. The zero-order valence-corrected chi connectivity index (χ0v) is 9.85. The lowest BCUT2D eigenvalue weighted by atomic mass is 10.1. The summed E-state index contributed by atoms with van der Waals surface area (Å²) in [4.78, 5) is 7.67. The van der Waals surface area contributed by atoms with Crippen molar-refractivity contribution in [2.24, 2.45) is 0 Å². The van der Waals surface area contributed by atoms with Crippen LogP contribution in [-0.4, -0.2) is 10.6 Å². The van der Waals surface area contributed by atoms with Crippen molar-refractivity contribution in [1.29, 1.82) is 0 Å². The van der Waals surface area contributed by atoms with Crippen molar-refractivity contribution in [2.75, 3.05) is 0 Å². The molecule has 0 spiro atoms. The van der Waals surface area contributed by atoms with E-state index in [1.807, 2.05) is 22.9 Å². The Morgan fingerprint density at radius 2 is 1.87 bits per heavy atom. The van der Waals surface area contributed by atoms with Gasteiger partial charge in [-0.15, -0.1) is 0 Å². The molecule has 0 aliphatic rings. The third-order valence-corrected chi connectivity index (χ3v) is 2.37. The Balaban J connectivity index is 2.85. The lowest BCUT2D eigenvalue weighted by molar-refractivity contribution is 0.0592. The molecule has 0 fully saturated rings. The number of Topliss-reactive ketones (excluding diaryl/α,β-unsaturated/α-hetero) is 1. The number of hydrogen-bond donors (Lipinski definition) is 0. The molecule has 0 radical (unpaired) electrons. The van der Waals surface area contributed by atoms with E-state index >= 15 is 0 Å². The molecule has 0 unspecified atom stereocenters. The van der Waals surface area contributed by atoms with Gasteiger partial charge in [0.1, 0.15) is 0 Å². The number of benzene rings is 1. The molecule has 0 bridgehead atoms. The van der Waals surface area contributed by atoms with Crippen LogP contribution in [0.25, 0.3) is 0 Å². The van der Waals surface area contributed by atoms with Crippen LogP contribution in [0.4, 0.5) is 8.78 Å². The Morgan fingerprint density at radius 3 is 2.27 bits per heavy atom. The largest absolute Gasteiger partial charge is 0.363 e. The molecular weight excluding hydrogens is 266 g/mol. The van der Waals surface area contributed by atoms with Gasteiger partial charge in [-0.2, -0.15) is 8.78 Å². The molecular formula is C11H11BrF2O. The van der Waals surface area contributed by atoms with Crippen molar-refractivity contribution in [3.63, 3.8) is 0 Å². The van der Waals surface area contributed by atoms with Gasteiger partial charge in [-0.05, 0) is 27.9 Å². The highest BCUT2D eigenvalue weighted by Gasteiger charge is 2.35. The number of carbonyl (C=O) groups is 1. The number of rotatable bonds is 4. The number of alkyl halides is 3. The fourth-order valence-electron chi connectivity index (χ4n) is 1.28. The molecule has 1 aromatic rings. The molecule has 82 valence electrons. The van der Waals surface area contributed by atoms with Gasteiger partial charge in [-0.25, -0.2) is 0 Å². The van der Waals surface area contributed by atoms with E-state index in [1.165, 1.54) is 12.1 Å². The number of halogens is 3. The lowest BCUT2D eigenvalue weighted by Crippen LogP contribution is -2.20. The SMILES string of the molecule is CCCc1ccc(C(=O)C(F)(F)Br)cc1. The van der Waals surface area contributed by atoms with Gasteiger partial charge < -0.3 is 0 Å². The summed E-state index contributed by atoms with van der Waals surface area (Å²) in [5.41, 5.74) is 1.07. The Kier molecular flexibility index (Phi) is 3.97. The Hall–Kier alpha value is -0.770. The summed E-state index contributed by atoms with van der Waals surface area (Å²) in [7, 11) is 0. The predicted octanol–water partition coefficient (Wildman–Crippen LogP) is 3.81. The first-order chi connectivity index (χ1) is 6.95. The molecule has 0 amide bonds. The molecule has 0 saturated carbocycles. The standard InChI is InChI=1S/C11H11BrF2O/c1-2-3-8-4-6-9(7-5-8)10(15)11(12,13)14/h4-7H,2-3H2,1H3. The van der Waals surface area contributed by atoms with Crippen molar-refractivity contribution in [3.05, 3.63) is 35.4 Å². The zero-order chi connectivity index (χ0) is 11.5. The smallest absolute Gasteiger partial charge is 0.286 e. The Bertz CT molecular complexity index is 341. The number of carbonyl (C=O) groups excluding carboxylic acids is 1. The molecule has 0 atom stereocenters. The third-order valence-electron chi connectivity index (χ3n) is 2.01. The van der Waals surface area contributed by atoms with Crippen LogP contribution in [0.2, 0.25) is 0 Å². The van der Waals surface area contributed by atoms with Crippen LogP contribution in [0.1, 0.15) is 29.3 Å². The molecule has 0 aliphatic heterocycles. The van der Waals surface area contributed by atoms with Gasteiger partial charge in [-0.1, -0.05) is 37.6 Å². The van der Waals surface area contributed by atoms with Crippen molar-refractivity contribution in [3.8, 4) is 0 Å². The number of hydrogen-bond acceptors (Lipinski definition) is 1. The van der Waals surface area contributed by atoms with Gasteiger partial charge in [0.05, 0.1) is 0 Å². The fraction of sp³-hybridized carbons (Fsp3) is 0.364. The van der Waals surface area contributed by atoms with E-state index in [4.69, 9.17) is 0 Å². The molecule has 0 aromatic heterocycles. The van der Waals surface area contributed by atoms with Crippen LogP contribution < -0.4 is 0 Å². The summed E-state index contributed by atoms with van der Waals surface area (Å²) in [5, 5.41) is 0. The van der Waals surface area contributed by atoms with E-state index in [1.54, 1.807) is 12.1 Å². The normalized spacial score (nSPS) is 11.5. The summed E-state index contributed by atoms with van der Waals surface area (Å²) in [6.07, 6.45) is 1.88. The molecule has 1 nitrogen and oxygen atoms in total. The van der Waals surface area contributed by atoms with Gasteiger partial charge in [0.25, 0.3) is 0 Å². The van der Waals surface area contributed by atoms with Crippen LogP contribution in [-0.2, 0) is 6.42 Å². The Morgan fingerprint density at radius 1 is 1.33 bits per heavy atom.